The van der Waals surface area contributed by atoms with Crippen molar-refractivity contribution in [1.82, 2.24) is 9.36 Å². The molecule has 16 heavy (non-hydrogen) atoms. The molecule has 3 nitrogen and oxygen atoms in total. The molecule has 1 fully saturated rings. The van der Waals surface area contributed by atoms with Crippen LogP contribution in [0.15, 0.2) is 3.92 Å². The molecule has 0 N–H and O–H groups in total. The summed E-state index contributed by atoms with van der Waals surface area (Å²) in [5.41, 5.74) is 0.174. The van der Waals surface area contributed by atoms with Crippen molar-refractivity contribution < 1.29 is 4.74 Å². The molecule has 1 aliphatic rings. The predicted molar refractivity (Wildman–Crippen MR) is 68.5 cm³/mol. The maximum absolute atomic E-state index is 5.73. The van der Waals surface area contributed by atoms with Gasteiger partial charge in [-0.25, -0.2) is 4.98 Å². The smallest absolute Gasteiger partial charge is 0.179 e. The lowest BCUT2D eigenvalue weighted by Crippen LogP contribution is -2.37. The molecular formula is C11H17BrN2OS. The van der Waals surface area contributed by atoms with E-state index in [1.54, 1.807) is 7.11 Å². The first kappa shape index (κ1) is 12.5. The van der Waals surface area contributed by atoms with Gasteiger partial charge in [-0.2, -0.15) is 4.37 Å². The summed E-state index contributed by atoms with van der Waals surface area (Å²) in [5.74, 6) is 0.849. The molecule has 1 aromatic rings. The Morgan fingerprint density at radius 2 is 1.88 bits per heavy atom. The van der Waals surface area contributed by atoms with Gasteiger partial charge in [0.25, 0.3) is 0 Å². The number of hydrogen-bond donors (Lipinski definition) is 0. The number of nitrogens with zero attached hydrogens (tertiary/aromatic N) is 2. The highest BCUT2D eigenvalue weighted by molar-refractivity contribution is 9.11. The van der Waals surface area contributed by atoms with E-state index in [0.717, 1.165) is 35.4 Å². The molecule has 0 saturated heterocycles. The summed E-state index contributed by atoms with van der Waals surface area (Å²) in [7, 11) is 1.77. The van der Waals surface area contributed by atoms with Gasteiger partial charge in [-0.3, -0.25) is 0 Å². The van der Waals surface area contributed by atoms with E-state index in [4.69, 9.17) is 4.74 Å². The first-order valence-electron chi connectivity index (χ1n) is 5.52. The lowest BCUT2D eigenvalue weighted by Gasteiger charge is -2.40. The highest BCUT2D eigenvalue weighted by Gasteiger charge is 2.42. The van der Waals surface area contributed by atoms with E-state index in [2.05, 4.69) is 39.1 Å². The molecule has 0 atom stereocenters. The Bertz CT molecular complexity index is 368. The SMILES string of the molecule is COC1(c2nsc(Br)n2)CCC(C)(C)CC1. The van der Waals surface area contributed by atoms with E-state index >= 15 is 0 Å². The molecule has 0 radical (unpaired) electrons. The van der Waals surface area contributed by atoms with Crippen molar-refractivity contribution in [2.24, 2.45) is 5.41 Å². The van der Waals surface area contributed by atoms with E-state index in [0.29, 0.717) is 5.41 Å². The third kappa shape index (κ3) is 2.31. The van der Waals surface area contributed by atoms with Gasteiger partial charge in [-0.05, 0) is 58.6 Å². The highest BCUT2D eigenvalue weighted by atomic mass is 79.9. The molecule has 0 bridgehead atoms. The second-order valence-corrected chi connectivity index (χ2v) is 7.26. The number of hydrogen-bond acceptors (Lipinski definition) is 4. The van der Waals surface area contributed by atoms with Crippen molar-refractivity contribution in [3.05, 3.63) is 9.74 Å². The van der Waals surface area contributed by atoms with Crippen LogP contribution in [-0.2, 0) is 10.3 Å². The fourth-order valence-corrected chi connectivity index (χ4v) is 3.12. The fraction of sp³-hybridized carbons (Fsp3) is 0.818. The standard InChI is InChI=1S/C11H17BrN2OS/c1-10(2)4-6-11(15-3,7-5-10)8-13-9(12)16-14-8/h4-7H2,1-3H3. The molecule has 2 rings (SSSR count). The molecule has 90 valence electrons. The second kappa shape index (κ2) is 4.35. The summed E-state index contributed by atoms with van der Waals surface area (Å²) in [5, 5.41) is 0. The third-order valence-electron chi connectivity index (χ3n) is 3.61. The highest BCUT2D eigenvalue weighted by Crippen LogP contribution is 2.46. The number of halogens is 1. The van der Waals surface area contributed by atoms with Gasteiger partial charge in [-0.1, -0.05) is 13.8 Å². The van der Waals surface area contributed by atoms with Crippen LogP contribution in [0.3, 0.4) is 0 Å². The van der Waals surface area contributed by atoms with Crippen molar-refractivity contribution in [3.63, 3.8) is 0 Å². The molecule has 1 aliphatic carbocycles. The number of aromatic nitrogens is 2. The normalized spacial score (nSPS) is 23.2. The van der Waals surface area contributed by atoms with Crippen LogP contribution in [0.4, 0.5) is 0 Å². The second-order valence-electron chi connectivity index (χ2n) is 5.23. The molecule has 5 heteroatoms. The van der Waals surface area contributed by atoms with E-state index < -0.39 is 0 Å². The quantitative estimate of drug-likeness (QED) is 0.835. The van der Waals surface area contributed by atoms with Crippen LogP contribution >= 0.6 is 27.5 Å². The molecule has 0 unspecified atom stereocenters. The number of rotatable bonds is 2. The maximum Gasteiger partial charge on any atom is 0.179 e. The van der Waals surface area contributed by atoms with Gasteiger partial charge in [0.15, 0.2) is 9.74 Å². The van der Waals surface area contributed by atoms with Crippen LogP contribution in [-0.4, -0.2) is 16.5 Å². The van der Waals surface area contributed by atoms with Crippen LogP contribution in [0.25, 0.3) is 0 Å². The summed E-state index contributed by atoms with van der Waals surface area (Å²) in [6.45, 7) is 4.63. The van der Waals surface area contributed by atoms with Gasteiger partial charge in [0, 0.05) is 7.11 Å². The Balaban J connectivity index is 2.22. The minimum atomic E-state index is -0.252. The average Bonchev–Trinajstić information content (AvgIpc) is 2.66. The van der Waals surface area contributed by atoms with Crippen LogP contribution in [0.1, 0.15) is 45.4 Å². The molecule has 0 aromatic carbocycles. The van der Waals surface area contributed by atoms with Crippen molar-refractivity contribution in [2.75, 3.05) is 7.11 Å². The Morgan fingerprint density at radius 3 is 2.31 bits per heavy atom. The zero-order chi connectivity index (χ0) is 11.8. The van der Waals surface area contributed by atoms with Crippen molar-refractivity contribution in [3.8, 4) is 0 Å². The van der Waals surface area contributed by atoms with Crippen LogP contribution in [0.2, 0.25) is 0 Å². The zero-order valence-corrected chi connectivity index (χ0v) is 12.3. The van der Waals surface area contributed by atoms with Crippen LogP contribution in [0.5, 0.6) is 0 Å². The first-order valence-corrected chi connectivity index (χ1v) is 7.09. The summed E-state index contributed by atoms with van der Waals surface area (Å²) in [6, 6.07) is 0. The Morgan fingerprint density at radius 1 is 1.25 bits per heavy atom. The minimum Gasteiger partial charge on any atom is -0.370 e. The first-order chi connectivity index (χ1) is 7.47. The predicted octanol–water partition coefficient (Wildman–Crippen LogP) is 3.74. The Hall–Kier alpha value is -0.0000000000000000555. The maximum atomic E-state index is 5.73. The van der Waals surface area contributed by atoms with Crippen LogP contribution in [0, 0.1) is 5.41 Å². The lowest BCUT2D eigenvalue weighted by molar-refractivity contribution is -0.0722. The summed E-state index contributed by atoms with van der Waals surface area (Å²) in [6.07, 6.45) is 4.36. The Kier molecular flexibility index (Phi) is 3.39. The summed E-state index contributed by atoms with van der Waals surface area (Å²) >= 11 is 4.75. The molecule has 0 amide bonds. The number of methoxy groups -OCH3 is 1. The van der Waals surface area contributed by atoms with Gasteiger partial charge < -0.3 is 4.74 Å². The van der Waals surface area contributed by atoms with Gasteiger partial charge in [0.1, 0.15) is 5.60 Å². The van der Waals surface area contributed by atoms with Crippen molar-refractivity contribution >= 4 is 27.5 Å². The molecular weight excluding hydrogens is 288 g/mol. The largest absolute Gasteiger partial charge is 0.370 e. The summed E-state index contributed by atoms with van der Waals surface area (Å²) in [4.78, 5) is 4.42. The van der Waals surface area contributed by atoms with Gasteiger partial charge in [0.2, 0.25) is 0 Å². The Labute approximate surface area is 109 Å². The zero-order valence-electron chi connectivity index (χ0n) is 9.92. The molecule has 0 aliphatic heterocycles. The monoisotopic (exact) mass is 304 g/mol. The molecule has 1 saturated carbocycles. The molecule has 0 spiro atoms. The van der Waals surface area contributed by atoms with E-state index in [-0.39, 0.29) is 5.60 Å². The molecule has 1 heterocycles. The van der Waals surface area contributed by atoms with E-state index in [9.17, 15) is 0 Å². The average molecular weight is 305 g/mol. The van der Waals surface area contributed by atoms with Gasteiger partial charge in [-0.15, -0.1) is 0 Å². The van der Waals surface area contributed by atoms with Gasteiger partial charge in [0.05, 0.1) is 0 Å². The summed E-state index contributed by atoms with van der Waals surface area (Å²) < 4.78 is 11.0. The number of ether oxygens (including phenoxy) is 1. The van der Waals surface area contributed by atoms with Crippen molar-refractivity contribution in [1.29, 1.82) is 0 Å². The minimum absolute atomic E-state index is 0.252. The topological polar surface area (TPSA) is 35.0 Å². The van der Waals surface area contributed by atoms with Crippen LogP contribution < -0.4 is 0 Å². The fourth-order valence-electron chi connectivity index (χ4n) is 2.24. The third-order valence-corrected chi connectivity index (χ3v) is 4.73. The van der Waals surface area contributed by atoms with E-state index in [1.807, 2.05) is 0 Å². The van der Waals surface area contributed by atoms with Gasteiger partial charge >= 0.3 is 0 Å². The van der Waals surface area contributed by atoms with Crippen molar-refractivity contribution in [2.45, 2.75) is 45.1 Å². The van der Waals surface area contributed by atoms with E-state index in [1.165, 1.54) is 11.5 Å². The molecule has 1 aromatic heterocycles. The lowest BCUT2D eigenvalue weighted by atomic mass is 9.70.